The predicted octanol–water partition coefficient (Wildman–Crippen LogP) is 3.82. The van der Waals surface area contributed by atoms with E-state index in [1.165, 1.54) is 5.56 Å². The minimum Gasteiger partial charge on any atom is -0.288 e. The summed E-state index contributed by atoms with van der Waals surface area (Å²) in [5.74, 6) is -4.14. The molecule has 0 bridgehead atoms. The van der Waals surface area contributed by atoms with E-state index in [1.807, 2.05) is 6.07 Å². The number of ketones is 1. The van der Waals surface area contributed by atoms with Crippen LogP contribution >= 0.6 is 0 Å². The van der Waals surface area contributed by atoms with E-state index >= 15 is 0 Å². The number of hydrogen-bond donors (Lipinski definition) is 0. The van der Waals surface area contributed by atoms with E-state index in [-0.39, 0.29) is 5.56 Å². The quantitative estimate of drug-likeness (QED) is 0.762. The molecule has 1 aliphatic carbocycles. The highest BCUT2D eigenvalue weighted by Crippen LogP contribution is 2.25. The van der Waals surface area contributed by atoms with Crippen molar-refractivity contribution in [3.63, 3.8) is 0 Å². The molecule has 0 saturated carbocycles. The fourth-order valence-electron chi connectivity index (χ4n) is 2.62. The van der Waals surface area contributed by atoms with E-state index in [2.05, 4.69) is 0 Å². The van der Waals surface area contributed by atoms with E-state index in [0.717, 1.165) is 24.8 Å². The van der Waals surface area contributed by atoms with Crippen molar-refractivity contribution in [2.45, 2.75) is 19.3 Å². The average molecular weight is 276 g/mol. The first-order valence-corrected chi connectivity index (χ1v) is 6.37. The van der Waals surface area contributed by atoms with Gasteiger partial charge in [-0.3, -0.25) is 4.79 Å². The monoisotopic (exact) mass is 276 g/mol. The summed E-state index contributed by atoms with van der Waals surface area (Å²) in [7, 11) is 0. The third kappa shape index (κ3) is 2.11. The van der Waals surface area contributed by atoms with E-state index in [0.29, 0.717) is 12.1 Å². The number of fused-ring (bicyclic) bond motifs is 1. The van der Waals surface area contributed by atoms with Crippen molar-refractivity contribution in [1.82, 2.24) is 0 Å². The summed E-state index contributed by atoms with van der Waals surface area (Å²) in [5, 5.41) is 0. The first kappa shape index (κ1) is 12.9. The van der Waals surface area contributed by atoms with Gasteiger partial charge in [0.05, 0.1) is 5.56 Å². The van der Waals surface area contributed by atoms with Crippen LogP contribution in [0.1, 0.15) is 33.5 Å². The van der Waals surface area contributed by atoms with Crippen molar-refractivity contribution < 1.29 is 18.0 Å². The molecule has 0 radical (unpaired) electrons. The van der Waals surface area contributed by atoms with Crippen molar-refractivity contribution >= 4 is 5.78 Å². The molecule has 0 aromatic heterocycles. The molecule has 2 aromatic carbocycles. The minimum absolute atomic E-state index is 0.232. The van der Waals surface area contributed by atoms with E-state index in [1.54, 1.807) is 12.1 Å². The zero-order valence-electron chi connectivity index (χ0n) is 10.6. The molecule has 0 N–H and O–H groups in total. The molecule has 0 spiro atoms. The van der Waals surface area contributed by atoms with Crippen LogP contribution in [-0.4, -0.2) is 5.78 Å². The zero-order chi connectivity index (χ0) is 14.3. The summed E-state index contributed by atoms with van der Waals surface area (Å²) in [5.41, 5.74) is 1.74. The first-order valence-electron chi connectivity index (χ1n) is 6.37. The Morgan fingerprint density at radius 1 is 0.900 bits per heavy atom. The Balaban J connectivity index is 2.05. The van der Waals surface area contributed by atoms with E-state index in [9.17, 15) is 18.0 Å². The fraction of sp³-hybridized carbons (Fsp3) is 0.188. The van der Waals surface area contributed by atoms with Gasteiger partial charge in [-0.25, -0.2) is 13.2 Å². The van der Waals surface area contributed by atoms with Gasteiger partial charge in [0.2, 0.25) is 0 Å². The molecule has 1 aliphatic rings. The molecule has 0 heterocycles. The number of carbonyl (C=O) groups is 1. The van der Waals surface area contributed by atoms with Gasteiger partial charge in [-0.2, -0.15) is 0 Å². The highest BCUT2D eigenvalue weighted by Gasteiger charge is 2.22. The first-order chi connectivity index (χ1) is 9.56. The van der Waals surface area contributed by atoms with Crippen LogP contribution in [0.5, 0.6) is 0 Å². The second-order valence-corrected chi connectivity index (χ2v) is 4.91. The molecule has 3 rings (SSSR count). The molecule has 0 unspecified atom stereocenters. The van der Waals surface area contributed by atoms with Gasteiger partial charge < -0.3 is 0 Å². The second-order valence-electron chi connectivity index (χ2n) is 4.91. The van der Waals surface area contributed by atoms with Crippen LogP contribution in [-0.2, 0) is 12.8 Å². The smallest absolute Gasteiger partial charge is 0.198 e. The number of aryl methyl sites for hydroxylation is 2. The molecule has 0 amide bonds. The van der Waals surface area contributed by atoms with Crippen LogP contribution in [0.4, 0.5) is 13.2 Å². The maximum Gasteiger partial charge on any atom is 0.198 e. The van der Waals surface area contributed by atoms with Crippen LogP contribution in [0.15, 0.2) is 30.3 Å². The molecule has 0 atom stereocenters. The Hall–Kier alpha value is -2.10. The van der Waals surface area contributed by atoms with Crippen molar-refractivity contribution in [3.05, 3.63) is 70.0 Å². The lowest BCUT2D eigenvalue weighted by Gasteiger charge is -2.07. The molecule has 102 valence electrons. The van der Waals surface area contributed by atoms with Crippen molar-refractivity contribution in [2.24, 2.45) is 0 Å². The number of carbonyl (C=O) groups excluding carboxylic acids is 1. The summed E-state index contributed by atoms with van der Waals surface area (Å²) < 4.78 is 40.1. The average Bonchev–Trinajstić information content (AvgIpc) is 2.84. The summed E-state index contributed by atoms with van der Waals surface area (Å²) in [6.45, 7) is 0. The third-order valence-corrected chi connectivity index (χ3v) is 3.59. The Kier molecular flexibility index (Phi) is 3.08. The molecule has 2 aromatic rings. The Morgan fingerprint density at radius 3 is 2.25 bits per heavy atom. The number of rotatable bonds is 2. The molecule has 0 aliphatic heterocycles. The van der Waals surface area contributed by atoms with Gasteiger partial charge in [-0.05, 0) is 36.5 Å². The number of halogens is 3. The van der Waals surface area contributed by atoms with Gasteiger partial charge in [-0.15, -0.1) is 0 Å². The lowest BCUT2D eigenvalue weighted by Crippen LogP contribution is -2.08. The maximum atomic E-state index is 13.6. The van der Waals surface area contributed by atoms with Crippen LogP contribution in [0.25, 0.3) is 0 Å². The Bertz CT molecular complexity index is 684. The molecule has 0 saturated heterocycles. The number of hydrogen-bond acceptors (Lipinski definition) is 1. The van der Waals surface area contributed by atoms with Crippen LogP contribution in [0, 0.1) is 17.5 Å². The number of benzene rings is 2. The largest absolute Gasteiger partial charge is 0.288 e. The summed E-state index contributed by atoms with van der Waals surface area (Å²) >= 11 is 0. The Labute approximate surface area is 114 Å². The maximum absolute atomic E-state index is 13.6. The molecular weight excluding hydrogens is 265 g/mol. The standard InChI is InChI=1S/C16H11F3O/c17-12-7-13(18)15(14(19)8-12)16(20)11-5-4-9-2-1-3-10(9)6-11/h4-8H,1-3H2. The van der Waals surface area contributed by atoms with Gasteiger partial charge in [0.15, 0.2) is 5.78 Å². The van der Waals surface area contributed by atoms with Gasteiger partial charge in [0, 0.05) is 17.7 Å². The second kappa shape index (κ2) is 4.78. The van der Waals surface area contributed by atoms with Crippen LogP contribution in [0.3, 0.4) is 0 Å². The van der Waals surface area contributed by atoms with Crippen molar-refractivity contribution in [1.29, 1.82) is 0 Å². The zero-order valence-corrected chi connectivity index (χ0v) is 10.6. The topological polar surface area (TPSA) is 17.1 Å². The van der Waals surface area contributed by atoms with Gasteiger partial charge in [-0.1, -0.05) is 12.1 Å². The molecule has 0 fully saturated rings. The lowest BCUT2D eigenvalue weighted by molar-refractivity contribution is 0.103. The van der Waals surface area contributed by atoms with E-state index in [4.69, 9.17) is 0 Å². The third-order valence-electron chi connectivity index (χ3n) is 3.59. The van der Waals surface area contributed by atoms with E-state index < -0.39 is 28.8 Å². The molecule has 4 heteroatoms. The van der Waals surface area contributed by atoms with Crippen LogP contribution in [0.2, 0.25) is 0 Å². The molecule has 20 heavy (non-hydrogen) atoms. The van der Waals surface area contributed by atoms with Crippen LogP contribution < -0.4 is 0 Å². The van der Waals surface area contributed by atoms with Gasteiger partial charge in [0.25, 0.3) is 0 Å². The Morgan fingerprint density at radius 2 is 1.55 bits per heavy atom. The molecule has 1 nitrogen and oxygen atoms in total. The predicted molar refractivity (Wildman–Crippen MR) is 68.2 cm³/mol. The minimum atomic E-state index is -1.17. The highest BCUT2D eigenvalue weighted by atomic mass is 19.1. The normalized spacial score (nSPS) is 13.3. The van der Waals surface area contributed by atoms with Crippen molar-refractivity contribution in [2.75, 3.05) is 0 Å². The fourth-order valence-corrected chi connectivity index (χ4v) is 2.62. The lowest BCUT2D eigenvalue weighted by atomic mass is 9.98. The summed E-state index contributed by atoms with van der Waals surface area (Å²) in [6.07, 6.45) is 2.85. The van der Waals surface area contributed by atoms with Crippen molar-refractivity contribution in [3.8, 4) is 0 Å². The summed E-state index contributed by atoms with van der Waals surface area (Å²) in [6, 6.07) is 6.09. The van der Waals surface area contributed by atoms with Gasteiger partial charge in [0.1, 0.15) is 17.5 Å². The highest BCUT2D eigenvalue weighted by molar-refractivity contribution is 6.09. The SMILES string of the molecule is O=C(c1ccc2c(c1)CCC2)c1c(F)cc(F)cc1F. The summed E-state index contributed by atoms with van der Waals surface area (Å²) in [4.78, 5) is 12.2. The van der Waals surface area contributed by atoms with Gasteiger partial charge >= 0.3 is 0 Å². The molecular formula is C16H11F3O.